The highest BCUT2D eigenvalue weighted by Gasteiger charge is 2.39. The molecule has 3 aromatic rings. The summed E-state index contributed by atoms with van der Waals surface area (Å²) >= 11 is 0. The zero-order valence-corrected chi connectivity index (χ0v) is 16.5. The van der Waals surface area contributed by atoms with E-state index in [-0.39, 0.29) is 22.4 Å². The second-order valence-electron chi connectivity index (χ2n) is 7.49. The number of rotatable bonds is 6. The zero-order valence-electron chi connectivity index (χ0n) is 16.5. The van der Waals surface area contributed by atoms with Crippen LogP contribution in [0.2, 0.25) is 0 Å². The Morgan fingerprint density at radius 2 is 2.00 bits per heavy atom. The number of nitrogens with zero attached hydrogens (tertiary/aromatic N) is 2. The van der Waals surface area contributed by atoms with Crippen LogP contribution < -0.4 is 16.2 Å². The molecule has 1 aromatic carbocycles. The van der Waals surface area contributed by atoms with E-state index in [0.29, 0.717) is 23.6 Å². The van der Waals surface area contributed by atoms with Crippen molar-refractivity contribution < 1.29 is 9.18 Å². The molecule has 1 saturated carbocycles. The first-order chi connectivity index (χ1) is 14.5. The van der Waals surface area contributed by atoms with Gasteiger partial charge in [0.25, 0.3) is 5.91 Å². The number of carbonyl (C=O) groups is 1. The van der Waals surface area contributed by atoms with Crippen molar-refractivity contribution in [2.45, 2.75) is 24.7 Å². The maximum atomic E-state index is 14.3. The van der Waals surface area contributed by atoms with Crippen LogP contribution in [0.25, 0.3) is 11.3 Å². The molecule has 2 heterocycles. The van der Waals surface area contributed by atoms with Gasteiger partial charge in [-0.25, -0.2) is 4.39 Å². The minimum Gasteiger partial charge on any atom is -0.368 e. The largest absolute Gasteiger partial charge is 0.368 e. The van der Waals surface area contributed by atoms with Crippen LogP contribution >= 0.6 is 0 Å². The van der Waals surface area contributed by atoms with Gasteiger partial charge in [-0.2, -0.15) is 0 Å². The van der Waals surface area contributed by atoms with Gasteiger partial charge in [-0.3, -0.25) is 9.59 Å². The molecule has 30 heavy (non-hydrogen) atoms. The van der Waals surface area contributed by atoms with Crippen molar-refractivity contribution in [1.29, 1.82) is 0 Å². The predicted molar refractivity (Wildman–Crippen MR) is 112 cm³/mol. The first-order valence-electron chi connectivity index (χ1n) is 9.80. The molecule has 4 rings (SSSR count). The van der Waals surface area contributed by atoms with Crippen LogP contribution in [0.1, 0.15) is 35.3 Å². The number of aromatic amines is 1. The third-order valence-electron chi connectivity index (χ3n) is 5.65. The maximum absolute atomic E-state index is 14.3. The molecule has 1 fully saturated rings. The minimum atomic E-state index is -0.473. The van der Waals surface area contributed by atoms with Crippen LogP contribution in [-0.4, -0.2) is 34.7 Å². The molecule has 0 saturated heterocycles. The van der Waals surface area contributed by atoms with Gasteiger partial charge in [0.2, 0.25) is 5.56 Å². The summed E-state index contributed by atoms with van der Waals surface area (Å²) in [4.78, 5) is 26.4. The standard InChI is InChI=1S/C22H22FN5O2/c1-24-21(30)14-6-7-16(23)15(12-14)17-8-9-19(28-27-17)25-13-22(10-3-11-22)18-4-2-5-20(29)26-18/h2,4-9,12H,3,10-11,13H2,1H3,(H,24,30)(H,25,28)(H,26,29). The lowest BCUT2D eigenvalue weighted by Crippen LogP contribution is -2.42. The topological polar surface area (TPSA) is 99.8 Å². The molecule has 3 N–H and O–H groups in total. The lowest BCUT2D eigenvalue weighted by Gasteiger charge is -2.42. The van der Waals surface area contributed by atoms with E-state index in [9.17, 15) is 14.0 Å². The lowest BCUT2D eigenvalue weighted by atomic mass is 9.66. The Hall–Kier alpha value is -3.55. The van der Waals surface area contributed by atoms with Crippen molar-refractivity contribution >= 4 is 11.7 Å². The van der Waals surface area contributed by atoms with E-state index < -0.39 is 5.82 Å². The summed E-state index contributed by atoms with van der Waals surface area (Å²) in [5.74, 6) is -0.211. The Bertz CT molecular complexity index is 1120. The lowest BCUT2D eigenvalue weighted by molar-refractivity contribution is 0.0963. The number of H-pyrrole nitrogens is 1. The van der Waals surface area contributed by atoms with Crippen molar-refractivity contribution in [2.75, 3.05) is 18.9 Å². The number of nitrogens with one attached hydrogen (secondary N) is 3. The van der Waals surface area contributed by atoms with Gasteiger partial charge in [-0.15, -0.1) is 10.2 Å². The van der Waals surface area contributed by atoms with Crippen molar-refractivity contribution in [1.82, 2.24) is 20.5 Å². The van der Waals surface area contributed by atoms with Crippen molar-refractivity contribution in [3.8, 4) is 11.3 Å². The number of pyridine rings is 1. The quantitative estimate of drug-likeness (QED) is 0.584. The fourth-order valence-electron chi connectivity index (χ4n) is 3.74. The highest BCUT2D eigenvalue weighted by atomic mass is 19.1. The number of halogens is 1. The maximum Gasteiger partial charge on any atom is 0.251 e. The van der Waals surface area contributed by atoms with Crippen molar-refractivity contribution in [3.63, 3.8) is 0 Å². The van der Waals surface area contributed by atoms with E-state index in [2.05, 4.69) is 25.8 Å². The third-order valence-corrected chi connectivity index (χ3v) is 5.65. The molecule has 1 amide bonds. The molecule has 0 spiro atoms. The van der Waals surface area contributed by atoms with Crippen LogP contribution in [0, 0.1) is 5.82 Å². The molecule has 154 valence electrons. The molecule has 8 heteroatoms. The molecule has 0 bridgehead atoms. The monoisotopic (exact) mass is 407 g/mol. The number of carbonyl (C=O) groups excluding carboxylic acids is 1. The normalized spacial score (nSPS) is 14.6. The third kappa shape index (κ3) is 3.80. The average molecular weight is 407 g/mol. The number of hydrogen-bond acceptors (Lipinski definition) is 5. The van der Waals surface area contributed by atoms with Gasteiger partial charge >= 0.3 is 0 Å². The summed E-state index contributed by atoms with van der Waals surface area (Å²) in [6, 6.07) is 12.7. The van der Waals surface area contributed by atoms with E-state index in [1.54, 1.807) is 18.2 Å². The molecule has 2 aromatic heterocycles. The first-order valence-corrected chi connectivity index (χ1v) is 9.80. The van der Waals surface area contributed by atoms with E-state index in [0.717, 1.165) is 25.0 Å². The summed E-state index contributed by atoms with van der Waals surface area (Å²) < 4.78 is 14.3. The summed E-state index contributed by atoms with van der Waals surface area (Å²) in [6.45, 7) is 0.613. The van der Waals surface area contributed by atoms with E-state index in [4.69, 9.17) is 0 Å². The van der Waals surface area contributed by atoms with Gasteiger partial charge in [0.15, 0.2) is 0 Å². The Balaban J connectivity index is 1.51. The van der Waals surface area contributed by atoms with Gasteiger partial charge in [0.05, 0.1) is 5.69 Å². The fourth-order valence-corrected chi connectivity index (χ4v) is 3.74. The first kappa shape index (κ1) is 19.8. The molecular formula is C22H22FN5O2. The molecule has 0 atom stereocenters. The fraction of sp³-hybridized carbons (Fsp3) is 0.273. The Morgan fingerprint density at radius 1 is 1.17 bits per heavy atom. The van der Waals surface area contributed by atoms with Crippen LogP contribution in [0.3, 0.4) is 0 Å². The number of anilines is 1. The number of amides is 1. The average Bonchev–Trinajstić information content (AvgIpc) is 2.73. The van der Waals surface area contributed by atoms with E-state index >= 15 is 0 Å². The van der Waals surface area contributed by atoms with Crippen LogP contribution in [-0.2, 0) is 5.41 Å². The zero-order chi connectivity index (χ0) is 21.1. The second-order valence-corrected chi connectivity index (χ2v) is 7.49. The SMILES string of the molecule is CNC(=O)c1ccc(F)c(-c2ccc(NCC3(c4cccc(=O)[nH]4)CCC3)nn2)c1. The highest BCUT2D eigenvalue weighted by Crippen LogP contribution is 2.42. The van der Waals surface area contributed by atoms with Gasteiger partial charge < -0.3 is 15.6 Å². The van der Waals surface area contributed by atoms with Gasteiger partial charge in [-0.05, 0) is 49.2 Å². The molecule has 1 aliphatic carbocycles. The summed E-state index contributed by atoms with van der Waals surface area (Å²) in [7, 11) is 1.52. The Labute approximate surface area is 172 Å². The summed E-state index contributed by atoms with van der Waals surface area (Å²) in [5, 5.41) is 14.1. The molecule has 7 nitrogen and oxygen atoms in total. The smallest absolute Gasteiger partial charge is 0.251 e. The van der Waals surface area contributed by atoms with E-state index in [1.807, 2.05) is 6.07 Å². The summed E-state index contributed by atoms with van der Waals surface area (Å²) in [6.07, 6.45) is 3.05. The Kier molecular flexibility index (Phi) is 5.31. The van der Waals surface area contributed by atoms with Crippen LogP contribution in [0.4, 0.5) is 10.2 Å². The van der Waals surface area contributed by atoms with Crippen LogP contribution in [0.5, 0.6) is 0 Å². The molecule has 1 aliphatic rings. The second kappa shape index (κ2) is 8.06. The van der Waals surface area contributed by atoms with Crippen LogP contribution in [0.15, 0.2) is 53.3 Å². The van der Waals surface area contributed by atoms with Gasteiger partial charge in [-0.1, -0.05) is 12.5 Å². The number of hydrogen-bond donors (Lipinski definition) is 3. The molecule has 0 unspecified atom stereocenters. The highest BCUT2D eigenvalue weighted by molar-refractivity contribution is 5.95. The molecule has 0 aliphatic heterocycles. The Morgan fingerprint density at radius 3 is 2.63 bits per heavy atom. The van der Waals surface area contributed by atoms with Crippen molar-refractivity contribution in [3.05, 3.63) is 76.0 Å². The van der Waals surface area contributed by atoms with Gasteiger partial charge in [0, 0.05) is 41.9 Å². The molecule has 0 radical (unpaired) electrons. The minimum absolute atomic E-state index is 0.107. The van der Waals surface area contributed by atoms with Gasteiger partial charge in [0.1, 0.15) is 11.6 Å². The summed E-state index contributed by atoms with van der Waals surface area (Å²) in [5.41, 5.74) is 1.59. The van der Waals surface area contributed by atoms with Crippen molar-refractivity contribution in [2.24, 2.45) is 0 Å². The number of aromatic nitrogens is 3. The molecular weight excluding hydrogens is 385 g/mol. The predicted octanol–water partition coefficient (Wildman–Crippen LogP) is 2.86. The number of benzene rings is 1. The van der Waals surface area contributed by atoms with E-state index in [1.165, 1.54) is 31.3 Å².